The topological polar surface area (TPSA) is 40.6 Å². The summed E-state index contributed by atoms with van der Waals surface area (Å²) in [7, 11) is 3.62. The molecular formula is C19H38N2O2. The average molecular weight is 327 g/mol. The Balaban J connectivity index is 4.52. The molecule has 0 fully saturated rings. The number of nitrogens with zero attached hydrogens (tertiary/aromatic N) is 2. The molecule has 0 aliphatic rings. The van der Waals surface area contributed by atoms with Crippen LogP contribution < -0.4 is 0 Å². The second kappa shape index (κ2) is 12.4. The van der Waals surface area contributed by atoms with Crippen LogP contribution in [0.15, 0.2) is 0 Å². The minimum Gasteiger partial charge on any atom is -0.349 e. The van der Waals surface area contributed by atoms with Gasteiger partial charge in [0.2, 0.25) is 11.8 Å². The second-order valence-corrected chi connectivity index (χ2v) is 6.67. The van der Waals surface area contributed by atoms with Crippen LogP contribution in [-0.2, 0) is 9.59 Å². The summed E-state index contributed by atoms with van der Waals surface area (Å²) in [5, 5.41) is 0. The Bertz CT molecular complexity index is 336. The van der Waals surface area contributed by atoms with Crippen LogP contribution in [0.1, 0.15) is 72.6 Å². The van der Waals surface area contributed by atoms with Crippen LogP contribution >= 0.6 is 0 Å². The monoisotopic (exact) mass is 326 g/mol. The fourth-order valence-corrected chi connectivity index (χ4v) is 3.17. The van der Waals surface area contributed by atoms with E-state index in [0.29, 0.717) is 5.91 Å². The quantitative estimate of drug-likeness (QED) is 0.545. The zero-order valence-electron chi connectivity index (χ0n) is 16.2. The predicted molar refractivity (Wildman–Crippen MR) is 97.3 cm³/mol. The van der Waals surface area contributed by atoms with E-state index in [1.54, 1.807) is 4.90 Å². The van der Waals surface area contributed by atoms with Crippen LogP contribution in [0.3, 0.4) is 0 Å². The molecule has 4 nitrogen and oxygen atoms in total. The van der Waals surface area contributed by atoms with E-state index in [1.807, 2.05) is 19.0 Å². The molecule has 0 bridgehead atoms. The van der Waals surface area contributed by atoms with Gasteiger partial charge in [0.05, 0.1) is 0 Å². The van der Waals surface area contributed by atoms with Gasteiger partial charge in [0.1, 0.15) is 0 Å². The Labute approximate surface area is 143 Å². The number of hydrogen-bond donors (Lipinski definition) is 0. The highest BCUT2D eigenvalue weighted by atomic mass is 16.2. The van der Waals surface area contributed by atoms with Crippen LogP contribution in [0.2, 0.25) is 0 Å². The van der Waals surface area contributed by atoms with Crippen molar-refractivity contribution in [1.82, 2.24) is 9.80 Å². The van der Waals surface area contributed by atoms with Crippen LogP contribution in [0.5, 0.6) is 0 Å². The molecule has 0 aromatic carbocycles. The largest absolute Gasteiger partial charge is 0.349 e. The lowest BCUT2D eigenvalue weighted by Gasteiger charge is -2.27. The average Bonchev–Trinajstić information content (AvgIpc) is 2.53. The van der Waals surface area contributed by atoms with E-state index in [0.717, 1.165) is 58.0 Å². The maximum absolute atomic E-state index is 12.7. The van der Waals surface area contributed by atoms with Gasteiger partial charge in [0.15, 0.2) is 0 Å². The molecule has 23 heavy (non-hydrogen) atoms. The van der Waals surface area contributed by atoms with E-state index in [1.165, 1.54) is 0 Å². The second-order valence-electron chi connectivity index (χ2n) is 6.67. The molecule has 0 saturated heterocycles. The van der Waals surface area contributed by atoms with Crippen LogP contribution in [0, 0.1) is 11.8 Å². The molecule has 0 aliphatic heterocycles. The maximum atomic E-state index is 12.7. The molecule has 1 atom stereocenters. The Hall–Kier alpha value is -1.06. The van der Waals surface area contributed by atoms with Gasteiger partial charge in [0.25, 0.3) is 0 Å². The lowest BCUT2D eigenvalue weighted by atomic mass is 9.95. The Morgan fingerprint density at radius 3 is 1.78 bits per heavy atom. The van der Waals surface area contributed by atoms with E-state index in [4.69, 9.17) is 0 Å². The lowest BCUT2D eigenvalue weighted by Crippen LogP contribution is -2.37. The third-order valence-corrected chi connectivity index (χ3v) is 4.58. The van der Waals surface area contributed by atoms with Crippen LogP contribution in [0.4, 0.5) is 0 Å². The molecule has 0 saturated carbocycles. The number of amides is 2. The van der Waals surface area contributed by atoms with Gasteiger partial charge in [-0.25, -0.2) is 0 Å². The molecule has 0 aromatic heterocycles. The van der Waals surface area contributed by atoms with Crippen molar-refractivity contribution >= 4 is 11.8 Å². The molecule has 0 rings (SSSR count). The van der Waals surface area contributed by atoms with Crippen molar-refractivity contribution in [1.29, 1.82) is 0 Å². The van der Waals surface area contributed by atoms with Crippen LogP contribution in [0.25, 0.3) is 0 Å². The first kappa shape index (κ1) is 21.9. The Morgan fingerprint density at radius 1 is 0.826 bits per heavy atom. The molecular weight excluding hydrogens is 288 g/mol. The van der Waals surface area contributed by atoms with Gasteiger partial charge in [-0.15, -0.1) is 0 Å². The van der Waals surface area contributed by atoms with Crippen molar-refractivity contribution in [3.8, 4) is 0 Å². The molecule has 1 unspecified atom stereocenters. The first-order valence-electron chi connectivity index (χ1n) is 9.42. The van der Waals surface area contributed by atoms with Gasteiger partial charge in [-0.3, -0.25) is 9.59 Å². The predicted octanol–water partition coefficient (Wildman–Crippen LogP) is 3.95. The molecule has 136 valence electrons. The fraction of sp³-hybridized carbons (Fsp3) is 0.895. The smallest absolute Gasteiger partial charge is 0.225 e. The van der Waals surface area contributed by atoms with Gasteiger partial charge in [-0.05, 0) is 39.0 Å². The van der Waals surface area contributed by atoms with Crippen molar-refractivity contribution in [2.75, 3.05) is 27.2 Å². The minimum atomic E-state index is 0.0842. The van der Waals surface area contributed by atoms with Crippen molar-refractivity contribution in [2.24, 2.45) is 11.8 Å². The van der Waals surface area contributed by atoms with E-state index in [2.05, 4.69) is 27.7 Å². The lowest BCUT2D eigenvalue weighted by molar-refractivity contribution is -0.136. The van der Waals surface area contributed by atoms with Gasteiger partial charge >= 0.3 is 0 Å². The zero-order chi connectivity index (χ0) is 17.8. The first-order chi connectivity index (χ1) is 10.9. The van der Waals surface area contributed by atoms with Gasteiger partial charge in [0, 0.05) is 39.0 Å². The van der Waals surface area contributed by atoms with E-state index in [-0.39, 0.29) is 17.7 Å². The number of carbonyl (C=O) groups is 2. The summed E-state index contributed by atoms with van der Waals surface area (Å²) < 4.78 is 0. The third-order valence-electron chi connectivity index (χ3n) is 4.58. The summed E-state index contributed by atoms with van der Waals surface area (Å²) in [5.41, 5.74) is 0. The molecule has 2 amide bonds. The van der Waals surface area contributed by atoms with Crippen molar-refractivity contribution in [3.63, 3.8) is 0 Å². The van der Waals surface area contributed by atoms with Gasteiger partial charge in [-0.1, -0.05) is 33.6 Å². The number of rotatable bonds is 12. The third kappa shape index (κ3) is 7.85. The van der Waals surface area contributed by atoms with Crippen molar-refractivity contribution in [3.05, 3.63) is 0 Å². The summed E-state index contributed by atoms with van der Waals surface area (Å²) in [6.45, 7) is 9.94. The van der Waals surface area contributed by atoms with E-state index < -0.39 is 0 Å². The summed E-state index contributed by atoms with van der Waals surface area (Å²) in [4.78, 5) is 28.4. The zero-order valence-corrected chi connectivity index (χ0v) is 16.2. The summed E-state index contributed by atoms with van der Waals surface area (Å²) >= 11 is 0. The van der Waals surface area contributed by atoms with Gasteiger partial charge < -0.3 is 9.80 Å². The Morgan fingerprint density at radius 2 is 1.39 bits per heavy atom. The van der Waals surface area contributed by atoms with Crippen LogP contribution in [-0.4, -0.2) is 48.8 Å². The molecule has 0 radical (unpaired) electrons. The molecule has 0 spiro atoms. The normalized spacial score (nSPS) is 12.3. The van der Waals surface area contributed by atoms with Crippen molar-refractivity contribution in [2.45, 2.75) is 72.6 Å². The summed E-state index contributed by atoms with van der Waals surface area (Å²) in [5.74, 6) is 0.774. The fourth-order valence-electron chi connectivity index (χ4n) is 3.17. The molecule has 0 aromatic rings. The summed E-state index contributed by atoms with van der Waals surface area (Å²) in [6.07, 6.45) is 6.73. The number of carbonyl (C=O) groups excluding carboxylic acids is 2. The standard InChI is InChI=1S/C19H38N2O2/c1-7-12-17(13-8-2)19(23)21(10-4)15-11-14-16(9-3)18(22)20(5)6/h16-17H,7-15H2,1-6H3. The van der Waals surface area contributed by atoms with E-state index in [9.17, 15) is 9.59 Å². The Kier molecular flexibility index (Phi) is 11.8. The summed E-state index contributed by atoms with van der Waals surface area (Å²) in [6, 6.07) is 0. The highest BCUT2D eigenvalue weighted by Crippen LogP contribution is 2.19. The van der Waals surface area contributed by atoms with Gasteiger partial charge in [-0.2, -0.15) is 0 Å². The van der Waals surface area contributed by atoms with E-state index >= 15 is 0 Å². The molecule has 0 heterocycles. The molecule has 0 N–H and O–H groups in total. The SMILES string of the molecule is CCCC(CCC)C(=O)N(CC)CCCC(CC)C(=O)N(C)C. The first-order valence-corrected chi connectivity index (χ1v) is 9.42. The van der Waals surface area contributed by atoms with Crippen molar-refractivity contribution < 1.29 is 9.59 Å². The minimum absolute atomic E-state index is 0.0842. The highest BCUT2D eigenvalue weighted by Gasteiger charge is 2.23. The number of hydrogen-bond acceptors (Lipinski definition) is 2. The maximum Gasteiger partial charge on any atom is 0.225 e. The molecule has 0 aliphatic carbocycles. The molecule has 4 heteroatoms. The highest BCUT2D eigenvalue weighted by molar-refractivity contribution is 5.79.